The Bertz CT molecular complexity index is 961. The van der Waals surface area contributed by atoms with Crippen LogP contribution in [0.5, 0.6) is 11.5 Å². The summed E-state index contributed by atoms with van der Waals surface area (Å²) in [5.74, 6) is 2.10. The third-order valence-electron chi connectivity index (χ3n) is 4.09. The Labute approximate surface area is 179 Å². The average molecular weight is 431 g/mol. The molecule has 0 N–H and O–H groups in total. The molecule has 0 aliphatic carbocycles. The van der Waals surface area contributed by atoms with Crippen LogP contribution in [0.25, 0.3) is 0 Å². The van der Waals surface area contributed by atoms with Gasteiger partial charge in [-0.2, -0.15) is 9.78 Å². The summed E-state index contributed by atoms with van der Waals surface area (Å²) in [5.41, 5.74) is 1.93. The van der Waals surface area contributed by atoms with Crippen molar-refractivity contribution in [1.29, 1.82) is 0 Å². The van der Waals surface area contributed by atoms with Crippen molar-refractivity contribution < 1.29 is 9.47 Å². The van der Waals surface area contributed by atoms with Crippen molar-refractivity contribution in [3.8, 4) is 11.5 Å². The fourth-order valence-corrected chi connectivity index (χ4v) is 3.64. The maximum Gasteiger partial charge on any atom is 0.212 e. The molecular weight excluding hydrogens is 408 g/mol. The highest BCUT2D eigenvalue weighted by molar-refractivity contribution is 7.98. The van der Waals surface area contributed by atoms with E-state index >= 15 is 0 Å². The Hall–Kier alpha value is -2.51. The van der Waals surface area contributed by atoms with Gasteiger partial charge in [0.25, 0.3) is 0 Å². The SMILES string of the molecule is CCCCOc1ccc(/C=N/n2cnnc2SCc2ccccc2Cl)cc1OC. The van der Waals surface area contributed by atoms with Crippen molar-refractivity contribution >= 4 is 29.6 Å². The number of hydrogen-bond donors (Lipinski definition) is 0. The van der Waals surface area contributed by atoms with Crippen LogP contribution in [0.15, 0.2) is 59.0 Å². The second kappa shape index (κ2) is 10.9. The molecule has 6 nitrogen and oxygen atoms in total. The maximum atomic E-state index is 6.22. The summed E-state index contributed by atoms with van der Waals surface area (Å²) in [6.07, 6.45) is 5.41. The molecule has 2 aromatic carbocycles. The summed E-state index contributed by atoms with van der Waals surface area (Å²) < 4.78 is 12.8. The molecule has 0 saturated carbocycles. The predicted octanol–water partition coefficient (Wildman–Crippen LogP) is 5.29. The Balaban J connectivity index is 1.67. The molecule has 0 radical (unpaired) electrons. The van der Waals surface area contributed by atoms with Crippen LogP contribution < -0.4 is 9.47 Å². The number of nitrogens with zero attached hydrogens (tertiary/aromatic N) is 4. The summed E-state index contributed by atoms with van der Waals surface area (Å²) >= 11 is 7.74. The number of hydrogen-bond acceptors (Lipinski definition) is 6. The smallest absolute Gasteiger partial charge is 0.212 e. The lowest BCUT2D eigenvalue weighted by atomic mass is 10.2. The molecule has 0 amide bonds. The molecule has 3 aromatic rings. The van der Waals surface area contributed by atoms with Gasteiger partial charge in [-0.1, -0.05) is 54.9 Å². The van der Waals surface area contributed by atoms with Crippen molar-refractivity contribution in [3.05, 3.63) is 64.9 Å². The van der Waals surface area contributed by atoms with Crippen LogP contribution in [0, 0.1) is 0 Å². The van der Waals surface area contributed by atoms with E-state index in [9.17, 15) is 0 Å². The fourth-order valence-electron chi connectivity index (χ4n) is 2.49. The standard InChI is InChI=1S/C21H23ClN4O2S/c1-3-4-11-28-19-10-9-16(12-20(19)27-2)13-24-26-15-23-25-21(26)29-14-17-7-5-6-8-18(17)22/h5-10,12-13,15H,3-4,11,14H2,1-2H3/b24-13+. The third kappa shape index (κ3) is 5.98. The number of rotatable bonds is 10. The molecule has 0 atom stereocenters. The van der Waals surface area contributed by atoms with Gasteiger partial charge in [0.2, 0.25) is 5.16 Å². The lowest BCUT2D eigenvalue weighted by Gasteiger charge is -2.10. The molecule has 8 heteroatoms. The Morgan fingerprint density at radius 3 is 2.86 bits per heavy atom. The van der Waals surface area contributed by atoms with E-state index in [4.69, 9.17) is 21.1 Å². The van der Waals surface area contributed by atoms with Crippen LogP contribution in [0.1, 0.15) is 30.9 Å². The van der Waals surface area contributed by atoms with Gasteiger partial charge < -0.3 is 9.47 Å². The van der Waals surface area contributed by atoms with E-state index < -0.39 is 0 Å². The highest BCUT2D eigenvalue weighted by Crippen LogP contribution is 2.28. The van der Waals surface area contributed by atoms with Gasteiger partial charge in [-0.05, 0) is 41.8 Å². The van der Waals surface area contributed by atoms with E-state index in [0.29, 0.717) is 23.3 Å². The van der Waals surface area contributed by atoms with Crippen molar-refractivity contribution in [2.24, 2.45) is 5.10 Å². The van der Waals surface area contributed by atoms with Crippen LogP contribution in [0.4, 0.5) is 0 Å². The lowest BCUT2D eigenvalue weighted by Crippen LogP contribution is -1.99. The summed E-state index contributed by atoms with van der Waals surface area (Å²) in [4.78, 5) is 0. The zero-order valence-corrected chi connectivity index (χ0v) is 18.0. The van der Waals surface area contributed by atoms with Gasteiger partial charge >= 0.3 is 0 Å². The van der Waals surface area contributed by atoms with E-state index in [-0.39, 0.29) is 0 Å². The number of aromatic nitrogens is 3. The predicted molar refractivity (Wildman–Crippen MR) is 117 cm³/mol. The molecule has 152 valence electrons. The van der Waals surface area contributed by atoms with Crippen molar-refractivity contribution in [2.75, 3.05) is 13.7 Å². The number of benzene rings is 2. The topological polar surface area (TPSA) is 61.5 Å². The number of ether oxygens (including phenoxy) is 2. The minimum atomic E-state index is 0.674. The molecule has 0 saturated heterocycles. The van der Waals surface area contributed by atoms with Crippen LogP contribution in [-0.2, 0) is 5.75 Å². The molecule has 0 bridgehead atoms. The lowest BCUT2D eigenvalue weighted by molar-refractivity contribution is 0.288. The molecule has 29 heavy (non-hydrogen) atoms. The van der Waals surface area contributed by atoms with E-state index in [2.05, 4.69) is 22.2 Å². The van der Waals surface area contributed by atoms with Gasteiger partial charge in [0.1, 0.15) is 6.33 Å². The quantitative estimate of drug-likeness (QED) is 0.248. The fraction of sp³-hybridized carbons (Fsp3) is 0.286. The number of halogens is 1. The van der Waals surface area contributed by atoms with Crippen LogP contribution in [0.2, 0.25) is 5.02 Å². The Morgan fingerprint density at radius 2 is 2.07 bits per heavy atom. The van der Waals surface area contributed by atoms with Gasteiger partial charge in [-0.25, -0.2) is 0 Å². The minimum Gasteiger partial charge on any atom is -0.493 e. The van der Waals surface area contributed by atoms with Crippen LogP contribution in [-0.4, -0.2) is 34.8 Å². The maximum absolute atomic E-state index is 6.22. The summed E-state index contributed by atoms with van der Waals surface area (Å²) in [6, 6.07) is 13.5. The van der Waals surface area contributed by atoms with Crippen LogP contribution >= 0.6 is 23.4 Å². The highest BCUT2D eigenvalue weighted by atomic mass is 35.5. The van der Waals surface area contributed by atoms with Crippen molar-refractivity contribution in [2.45, 2.75) is 30.7 Å². The molecule has 0 spiro atoms. The van der Waals surface area contributed by atoms with Crippen molar-refractivity contribution in [3.63, 3.8) is 0 Å². The summed E-state index contributed by atoms with van der Waals surface area (Å²) in [6.45, 7) is 2.80. The van der Waals surface area contributed by atoms with Crippen LogP contribution in [0.3, 0.4) is 0 Å². The van der Waals surface area contributed by atoms with Gasteiger partial charge in [-0.15, -0.1) is 10.2 Å². The third-order valence-corrected chi connectivity index (χ3v) is 5.44. The molecule has 0 fully saturated rings. The normalized spacial score (nSPS) is 11.1. The minimum absolute atomic E-state index is 0.674. The molecule has 0 aliphatic rings. The number of thioether (sulfide) groups is 1. The van der Waals surface area contributed by atoms with Crippen molar-refractivity contribution in [1.82, 2.24) is 14.9 Å². The molecule has 1 heterocycles. The first kappa shape index (κ1) is 21.2. The second-order valence-corrected chi connectivity index (χ2v) is 7.54. The van der Waals surface area contributed by atoms with E-state index in [1.54, 1.807) is 24.3 Å². The largest absolute Gasteiger partial charge is 0.493 e. The molecule has 0 unspecified atom stereocenters. The zero-order chi connectivity index (χ0) is 20.5. The number of unbranched alkanes of at least 4 members (excludes halogenated alkanes) is 1. The van der Waals surface area contributed by atoms with Gasteiger partial charge in [-0.3, -0.25) is 0 Å². The summed E-state index contributed by atoms with van der Waals surface area (Å²) in [7, 11) is 1.63. The average Bonchev–Trinajstić information content (AvgIpc) is 3.20. The first-order chi connectivity index (χ1) is 14.2. The van der Waals surface area contributed by atoms with Gasteiger partial charge in [0.15, 0.2) is 11.5 Å². The zero-order valence-electron chi connectivity index (χ0n) is 16.4. The molecule has 1 aromatic heterocycles. The molecule has 0 aliphatic heterocycles. The summed E-state index contributed by atoms with van der Waals surface area (Å²) in [5, 5.41) is 14.0. The second-order valence-electron chi connectivity index (χ2n) is 6.20. The highest BCUT2D eigenvalue weighted by Gasteiger charge is 2.08. The first-order valence-electron chi connectivity index (χ1n) is 9.32. The van der Waals surface area contributed by atoms with E-state index in [1.807, 2.05) is 42.5 Å². The van der Waals surface area contributed by atoms with Gasteiger partial charge in [0, 0.05) is 10.8 Å². The molecular formula is C21H23ClN4O2S. The first-order valence-corrected chi connectivity index (χ1v) is 10.7. The Morgan fingerprint density at radius 1 is 1.21 bits per heavy atom. The monoisotopic (exact) mass is 430 g/mol. The Kier molecular flexibility index (Phi) is 7.95. The number of methoxy groups -OCH3 is 1. The van der Waals surface area contributed by atoms with E-state index in [1.165, 1.54) is 11.8 Å². The molecule has 3 rings (SSSR count). The van der Waals surface area contributed by atoms with E-state index in [0.717, 1.165) is 34.7 Å². The van der Waals surface area contributed by atoms with Gasteiger partial charge in [0.05, 0.1) is 19.9 Å².